The van der Waals surface area contributed by atoms with E-state index >= 15 is 0 Å². The zero-order valence-electron chi connectivity index (χ0n) is 20.2. The number of thiazole rings is 1. The van der Waals surface area contributed by atoms with Gasteiger partial charge in [0.1, 0.15) is 0 Å². The average Bonchev–Trinajstić information content (AvgIpc) is 3.18. The number of benzene rings is 3. The van der Waals surface area contributed by atoms with Gasteiger partial charge in [0, 0.05) is 25.3 Å². The molecule has 2 aliphatic rings. The molecule has 0 saturated carbocycles. The second-order valence-corrected chi connectivity index (χ2v) is 10.5. The molecule has 3 aromatic carbocycles. The number of aryl methyl sites for hydroxylation is 2. The quantitative estimate of drug-likeness (QED) is 0.429. The number of rotatable bonds is 3. The van der Waals surface area contributed by atoms with Crippen LogP contribution in [0.15, 0.2) is 88.2 Å². The van der Waals surface area contributed by atoms with E-state index in [9.17, 15) is 4.79 Å². The van der Waals surface area contributed by atoms with Crippen LogP contribution < -0.4 is 19.8 Å². The second kappa shape index (κ2) is 8.51. The fraction of sp³-hybridized carbons (Fsp3) is 0.200. The summed E-state index contributed by atoms with van der Waals surface area (Å²) < 4.78 is 2.63. The van der Waals surface area contributed by atoms with E-state index < -0.39 is 0 Å². The molecule has 4 nitrogen and oxygen atoms in total. The summed E-state index contributed by atoms with van der Waals surface area (Å²) in [5, 5.41) is 0. The molecule has 1 aromatic heterocycles. The van der Waals surface area contributed by atoms with Gasteiger partial charge in [-0.25, -0.2) is 4.99 Å². The Balaban J connectivity index is 1.57. The lowest BCUT2D eigenvalue weighted by Gasteiger charge is -2.30. The minimum atomic E-state index is -0.131. The van der Waals surface area contributed by atoms with Crippen LogP contribution in [0, 0.1) is 6.92 Å². The fourth-order valence-corrected chi connectivity index (χ4v) is 6.09. The van der Waals surface area contributed by atoms with Gasteiger partial charge in [0.15, 0.2) is 4.80 Å². The van der Waals surface area contributed by atoms with Crippen LogP contribution in [0.25, 0.3) is 11.8 Å². The highest BCUT2D eigenvalue weighted by atomic mass is 32.1. The van der Waals surface area contributed by atoms with Crippen LogP contribution in [0.1, 0.15) is 40.3 Å². The predicted octanol–water partition coefficient (Wildman–Crippen LogP) is 4.69. The molecule has 6 rings (SSSR count). The van der Waals surface area contributed by atoms with E-state index in [0.717, 1.165) is 40.2 Å². The Labute approximate surface area is 208 Å². The summed E-state index contributed by atoms with van der Waals surface area (Å²) in [6.07, 6.45) is 3.87. The van der Waals surface area contributed by atoms with Crippen LogP contribution in [-0.2, 0) is 6.42 Å². The summed E-state index contributed by atoms with van der Waals surface area (Å²) in [7, 11) is 4.05. The maximum atomic E-state index is 13.8. The Morgan fingerprint density at radius 3 is 2.46 bits per heavy atom. The van der Waals surface area contributed by atoms with Gasteiger partial charge in [-0.2, -0.15) is 0 Å². The first-order valence-electron chi connectivity index (χ1n) is 12.0. The van der Waals surface area contributed by atoms with Crippen molar-refractivity contribution in [2.45, 2.75) is 25.8 Å². The van der Waals surface area contributed by atoms with Gasteiger partial charge in [0.2, 0.25) is 0 Å². The lowest BCUT2D eigenvalue weighted by molar-refractivity contribution is 0.585. The van der Waals surface area contributed by atoms with Crippen LogP contribution in [0.4, 0.5) is 5.69 Å². The fourth-order valence-electron chi connectivity index (χ4n) is 5.09. The summed E-state index contributed by atoms with van der Waals surface area (Å²) in [5.41, 5.74) is 9.34. The van der Waals surface area contributed by atoms with Crippen molar-refractivity contribution < 1.29 is 0 Å². The highest BCUT2D eigenvalue weighted by Crippen LogP contribution is 2.41. The molecule has 5 heteroatoms. The zero-order valence-corrected chi connectivity index (χ0v) is 21.0. The van der Waals surface area contributed by atoms with E-state index in [0.29, 0.717) is 4.53 Å². The normalized spacial score (nSPS) is 16.9. The Morgan fingerprint density at radius 2 is 1.71 bits per heavy atom. The number of anilines is 1. The van der Waals surface area contributed by atoms with Gasteiger partial charge in [-0.15, -0.1) is 0 Å². The summed E-state index contributed by atoms with van der Waals surface area (Å²) in [4.78, 5) is 21.8. The molecule has 1 aliphatic heterocycles. The molecule has 2 heterocycles. The Kier molecular flexibility index (Phi) is 5.30. The van der Waals surface area contributed by atoms with E-state index in [1.165, 1.54) is 33.6 Å². The predicted molar refractivity (Wildman–Crippen MR) is 145 cm³/mol. The molecule has 0 N–H and O–H groups in total. The largest absolute Gasteiger partial charge is 0.378 e. The van der Waals surface area contributed by atoms with E-state index in [-0.39, 0.29) is 11.6 Å². The van der Waals surface area contributed by atoms with Crippen molar-refractivity contribution in [3.63, 3.8) is 0 Å². The third-order valence-corrected chi connectivity index (χ3v) is 7.96. The average molecular weight is 478 g/mol. The molecule has 0 radical (unpaired) electrons. The molecule has 0 saturated heterocycles. The molecule has 174 valence electrons. The number of allylic oxidation sites excluding steroid dienone is 1. The first-order chi connectivity index (χ1) is 17.0. The molecule has 0 spiro atoms. The van der Waals surface area contributed by atoms with Gasteiger partial charge in [-0.3, -0.25) is 9.36 Å². The molecule has 4 aromatic rings. The number of hydrogen-bond acceptors (Lipinski definition) is 4. The standard InChI is InChI=1S/C30H27N3OS/c1-19-8-12-22(13-9-19)28-25-17-14-21-6-4-5-7-24(21)27(25)31-30-33(28)29(34)26(35-30)18-20-10-15-23(16-11-20)32(2)3/h4-13,15-16,18,28H,14,17H2,1-3H3/b26-18-/t28-/m0/s1. The van der Waals surface area contributed by atoms with Crippen molar-refractivity contribution in [3.8, 4) is 0 Å². The molecular weight excluding hydrogens is 450 g/mol. The SMILES string of the molecule is Cc1ccc([C@H]2C3=C(N=c4s/c(=C\c5ccc(N(C)C)cc5)c(=O)n42)c2ccccc2CC3)cc1. The van der Waals surface area contributed by atoms with Crippen LogP contribution in [0.2, 0.25) is 0 Å². The maximum Gasteiger partial charge on any atom is 0.271 e. The maximum absolute atomic E-state index is 13.8. The smallest absolute Gasteiger partial charge is 0.271 e. The Bertz CT molecular complexity index is 1640. The molecule has 0 bridgehead atoms. The van der Waals surface area contributed by atoms with Gasteiger partial charge < -0.3 is 4.90 Å². The van der Waals surface area contributed by atoms with Crippen molar-refractivity contribution in [2.75, 3.05) is 19.0 Å². The summed E-state index contributed by atoms with van der Waals surface area (Å²) in [6, 6.07) is 25.3. The topological polar surface area (TPSA) is 37.6 Å². The van der Waals surface area contributed by atoms with Crippen LogP contribution in [0.3, 0.4) is 0 Å². The third-order valence-electron chi connectivity index (χ3n) is 6.97. The van der Waals surface area contributed by atoms with Crippen molar-refractivity contribution in [1.29, 1.82) is 0 Å². The molecule has 35 heavy (non-hydrogen) atoms. The van der Waals surface area contributed by atoms with Crippen LogP contribution >= 0.6 is 11.3 Å². The van der Waals surface area contributed by atoms with Crippen molar-refractivity contribution in [1.82, 2.24) is 4.57 Å². The highest BCUT2D eigenvalue weighted by Gasteiger charge is 2.32. The number of aromatic nitrogens is 1. The zero-order chi connectivity index (χ0) is 24.1. The molecule has 0 unspecified atom stereocenters. The van der Waals surface area contributed by atoms with Gasteiger partial charge in [0.05, 0.1) is 16.3 Å². The molecule has 1 aliphatic carbocycles. The first kappa shape index (κ1) is 21.8. The highest BCUT2D eigenvalue weighted by molar-refractivity contribution is 7.07. The van der Waals surface area contributed by atoms with Crippen LogP contribution in [0.5, 0.6) is 0 Å². The van der Waals surface area contributed by atoms with Crippen molar-refractivity contribution in [3.05, 3.63) is 126 Å². The van der Waals surface area contributed by atoms with Gasteiger partial charge >= 0.3 is 0 Å². The molecule has 0 amide bonds. The van der Waals surface area contributed by atoms with E-state index in [4.69, 9.17) is 4.99 Å². The van der Waals surface area contributed by atoms with Gasteiger partial charge in [-0.05, 0) is 60.2 Å². The minimum Gasteiger partial charge on any atom is -0.378 e. The first-order valence-corrected chi connectivity index (χ1v) is 12.8. The summed E-state index contributed by atoms with van der Waals surface area (Å²) >= 11 is 1.48. The molecule has 1 atom stereocenters. The Hall–Kier alpha value is -3.70. The molecule has 0 fully saturated rings. The number of nitrogens with zero attached hydrogens (tertiary/aromatic N) is 3. The minimum absolute atomic E-state index is 0.0291. The summed E-state index contributed by atoms with van der Waals surface area (Å²) in [5.74, 6) is 0. The van der Waals surface area contributed by atoms with E-state index in [1.54, 1.807) is 0 Å². The monoisotopic (exact) mass is 477 g/mol. The van der Waals surface area contributed by atoms with Crippen LogP contribution in [-0.4, -0.2) is 18.7 Å². The third kappa shape index (κ3) is 3.76. The van der Waals surface area contributed by atoms with E-state index in [2.05, 4.69) is 84.6 Å². The summed E-state index contributed by atoms with van der Waals surface area (Å²) in [6.45, 7) is 2.10. The van der Waals surface area contributed by atoms with E-state index in [1.807, 2.05) is 24.7 Å². The van der Waals surface area contributed by atoms with Crippen molar-refractivity contribution >= 4 is 28.8 Å². The number of fused-ring (bicyclic) bond motifs is 3. The lowest BCUT2D eigenvalue weighted by atomic mass is 9.83. The van der Waals surface area contributed by atoms with Crippen molar-refractivity contribution in [2.24, 2.45) is 4.99 Å². The second-order valence-electron chi connectivity index (χ2n) is 9.51. The van der Waals surface area contributed by atoms with Gasteiger partial charge in [0.25, 0.3) is 5.56 Å². The van der Waals surface area contributed by atoms with Gasteiger partial charge in [-0.1, -0.05) is 77.6 Å². The Morgan fingerprint density at radius 1 is 0.971 bits per heavy atom. The number of hydrogen-bond donors (Lipinski definition) is 0. The molecular formula is C30H27N3OS. The lowest BCUT2D eigenvalue weighted by Crippen LogP contribution is -2.38.